The molecule has 1 aliphatic heterocycles. The Bertz CT molecular complexity index is 1710. The minimum atomic E-state index is -3.68. The highest BCUT2D eigenvalue weighted by Gasteiger charge is 2.32. The number of anilines is 1. The number of fused-ring (bicyclic) bond motifs is 1. The molecular weight excluding hydrogens is 508 g/mol. The first-order valence-corrected chi connectivity index (χ1v) is 13.6. The van der Waals surface area contributed by atoms with Crippen LogP contribution in [-0.4, -0.2) is 68.1 Å². The number of rotatable bonds is 7. The molecule has 0 saturated carbocycles. The van der Waals surface area contributed by atoms with E-state index in [-0.39, 0.29) is 11.1 Å². The number of nitrogens with one attached hydrogen (secondary N) is 1. The molecule has 1 N–H and O–H groups in total. The van der Waals surface area contributed by atoms with Crippen molar-refractivity contribution in [3.8, 4) is 28.4 Å². The number of nitrogens with zero attached hydrogens (tertiary/aromatic N) is 7. The summed E-state index contributed by atoms with van der Waals surface area (Å²) in [7, 11) is -0.365. The second-order valence-electron chi connectivity index (χ2n) is 9.04. The maximum atomic E-state index is 13.1. The summed E-state index contributed by atoms with van der Waals surface area (Å²) >= 11 is 0. The predicted octanol–water partition coefficient (Wildman–Crippen LogP) is 3.06. The molecule has 13 heteroatoms. The molecule has 0 aliphatic carbocycles. The molecule has 5 heterocycles. The molecule has 1 aromatic carbocycles. The second-order valence-corrected chi connectivity index (χ2v) is 10.9. The van der Waals surface area contributed by atoms with Crippen molar-refractivity contribution in [1.29, 1.82) is 0 Å². The summed E-state index contributed by atoms with van der Waals surface area (Å²) in [5.41, 5.74) is 2.94. The Balaban J connectivity index is 1.29. The summed E-state index contributed by atoms with van der Waals surface area (Å²) < 4.78 is 41.9. The average molecular weight is 535 g/mol. The van der Waals surface area contributed by atoms with E-state index >= 15 is 0 Å². The lowest BCUT2D eigenvalue weighted by Crippen LogP contribution is -2.45. The van der Waals surface area contributed by atoms with Gasteiger partial charge in [-0.05, 0) is 37.1 Å². The van der Waals surface area contributed by atoms with Crippen molar-refractivity contribution < 1.29 is 17.6 Å². The molecule has 0 bridgehead atoms. The minimum Gasteiger partial charge on any atom is -0.497 e. The fourth-order valence-corrected chi connectivity index (χ4v) is 6.16. The molecule has 0 spiro atoms. The van der Waals surface area contributed by atoms with Crippen LogP contribution in [0.25, 0.3) is 28.5 Å². The van der Waals surface area contributed by atoms with E-state index in [1.165, 1.54) is 15.1 Å². The molecular formula is C25H26N8O4S. The van der Waals surface area contributed by atoms with E-state index in [1.54, 1.807) is 39.0 Å². The Labute approximate surface area is 219 Å². The van der Waals surface area contributed by atoms with Gasteiger partial charge in [0.25, 0.3) is 10.0 Å². The Hall–Kier alpha value is -4.23. The van der Waals surface area contributed by atoms with Crippen molar-refractivity contribution in [3.63, 3.8) is 0 Å². The summed E-state index contributed by atoms with van der Waals surface area (Å²) in [6.45, 7) is 0.733. The topological polar surface area (TPSA) is 133 Å². The standard InChI is InChI=1S/C25H26N8O4S/c1-31-12-9-21(30-31)38(34,35)32-11-4-6-18(16-32)27-24-26-10-8-20(28-24)23-22(29-25-33(23)13-14-37-25)17-5-3-7-19(15-17)36-2/h3,5,7-10,12-15,18H,4,6,11,16H2,1-2H3,(H,26,27,28)/t18-/m1/s1. The van der Waals surface area contributed by atoms with Crippen LogP contribution in [0.5, 0.6) is 5.75 Å². The second kappa shape index (κ2) is 9.58. The molecule has 0 unspecified atom stereocenters. The lowest BCUT2D eigenvalue weighted by Gasteiger charge is -2.31. The molecule has 1 atom stereocenters. The largest absolute Gasteiger partial charge is 0.497 e. The number of aromatic nitrogens is 6. The number of sulfonamides is 1. The van der Waals surface area contributed by atoms with Gasteiger partial charge in [-0.1, -0.05) is 12.1 Å². The third-order valence-electron chi connectivity index (χ3n) is 6.51. The maximum absolute atomic E-state index is 13.1. The van der Waals surface area contributed by atoms with Gasteiger partial charge < -0.3 is 14.5 Å². The van der Waals surface area contributed by atoms with Crippen LogP contribution < -0.4 is 10.1 Å². The van der Waals surface area contributed by atoms with Crippen molar-refractivity contribution in [1.82, 2.24) is 33.4 Å². The number of aryl methyl sites for hydroxylation is 1. The molecule has 1 fully saturated rings. The predicted molar refractivity (Wildman–Crippen MR) is 139 cm³/mol. The fourth-order valence-electron chi connectivity index (χ4n) is 4.69. The number of hydrogen-bond acceptors (Lipinski definition) is 9. The van der Waals surface area contributed by atoms with Crippen LogP contribution in [0, 0.1) is 0 Å². The van der Waals surface area contributed by atoms with Crippen LogP contribution in [0.2, 0.25) is 0 Å². The first-order valence-electron chi connectivity index (χ1n) is 12.1. The van der Waals surface area contributed by atoms with Gasteiger partial charge in [0, 0.05) is 50.3 Å². The van der Waals surface area contributed by atoms with Crippen molar-refractivity contribution in [3.05, 3.63) is 61.3 Å². The molecule has 6 rings (SSSR count). The van der Waals surface area contributed by atoms with Crippen molar-refractivity contribution in [2.45, 2.75) is 23.9 Å². The van der Waals surface area contributed by atoms with Crippen LogP contribution >= 0.6 is 0 Å². The average Bonchev–Trinajstić information content (AvgIpc) is 3.65. The number of methoxy groups -OCH3 is 1. The zero-order valence-corrected chi connectivity index (χ0v) is 21.7. The SMILES string of the molecule is COc1cccc(-c2nc3occn3c2-c2ccnc(N[C@@H]3CCCN(S(=O)(=O)c4ccn(C)n4)C3)n2)c1. The number of piperidine rings is 1. The van der Waals surface area contributed by atoms with Gasteiger partial charge in [0.15, 0.2) is 5.03 Å². The summed E-state index contributed by atoms with van der Waals surface area (Å²) in [6.07, 6.45) is 8.15. The number of benzene rings is 1. The Morgan fingerprint density at radius 2 is 2.05 bits per heavy atom. The first kappa shape index (κ1) is 24.1. The quantitative estimate of drug-likeness (QED) is 0.334. The minimum absolute atomic E-state index is 0.0498. The lowest BCUT2D eigenvalue weighted by molar-refractivity contribution is 0.325. The van der Waals surface area contributed by atoms with Crippen molar-refractivity contribution in [2.24, 2.45) is 7.05 Å². The molecule has 12 nitrogen and oxygen atoms in total. The Morgan fingerprint density at radius 1 is 1.16 bits per heavy atom. The van der Waals surface area contributed by atoms with Gasteiger partial charge in [0.1, 0.15) is 23.4 Å². The molecule has 1 aliphatic rings. The zero-order chi connectivity index (χ0) is 26.3. The van der Waals surface area contributed by atoms with Gasteiger partial charge in [-0.3, -0.25) is 9.08 Å². The van der Waals surface area contributed by atoms with Gasteiger partial charge >= 0.3 is 5.84 Å². The summed E-state index contributed by atoms with van der Waals surface area (Å²) in [4.78, 5) is 13.9. The van der Waals surface area contributed by atoms with Crippen molar-refractivity contribution in [2.75, 3.05) is 25.5 Å². The normalized spacial score (nSPS) is 16.6. The van der Waals surface area contributed by atoms with Crippen LogP contribution in [0.4, 0.5) is 5.95 Å². The number of hydrogen-bond donors (Lipinski definition) is 1. The molecule has 38 heavy (non-hydrogen) atoms. The number of imidazole rings is 1. The van der Waals surface area contributed by atoms with E-state index in [9.17, 15) is 8.42 Å². The molecule has 4 aromatic heterocycles. The number of oxazole rings is 1. The van der Waals surface area contributed by atoms with E-state index < -0.39 is 10.0 Å². The summed E-state index contributed by atoms with van der Waals surface area (Å²) in [6, 6.07) is 10.8. The lowest BCUT2D eigenvalue weighted by atomic mass is 10.1. The van der Waals surface area contributed by atoms with E-state index in [0.29, 0.717) is 48.4 Å². The highest BCUT2D eigenvalue weighted by molar-refractivity contribution is 7.89. The Kier molecular flexibility index (Phi) is 6.08. The van der Waals surface area contributed by atoms with Gasteiger partial charge in [0.2, 0.25) is 5.95 Å². The highest BCUT2D eigenvalue weighted by atomic mass is 32.2. The molecule has 196 valence electrons. The van der Waals surface area contributed by atoms with E-state index in [0.717, 1.165) is 17.7 Å². The monoisotopic (exact) mass is 534 g/mol. The first-order chi connectivity index (χ1) is 18.4. The molecule has 5 aromatic rings. The van der Waals surface area contributed by atoms with E-state index in [2.05, 4.69) is 20.4 Å². The van der Waals surface area contributed by atoms with Crippen LogP contribution in [0.1, 0.15) is 12.8 Å². The Morgan fingerprint density at radius 3 is 2.87 bits per heavy atom. The fraction of sp³-hybridized carbons (Fsp3) is 0.280. The zero-order valence-electron chi connectivity index (χ0n) is 20.9. The summed E-state index contributed by atoms with van der Waals surface area (Å²) in [5.74, 6) is 1.55. The molecule has 0 amide bonds. The van der Waals surface area contributed by atoms with E-state index in [1.807, 2.05) is 34.7 Å². The smallest absolute Gasteiger partial charge is 0.306 e. The van der Waals surface area contributed by atoms with Crippen LogP contribution in [0.3, 0.4) is 0 Å². The van der Waals surface area contributed by atoms with Crippen LogP contribution in [0.15, 0.2) is 70.7 Å². The van der Waals surface area contributed by atoms with Gasteiger partial charge in [0.05, 0.1) is 12.8 Å². The molecule has 0 radical (unpaired) electrons. The van der Waals surface area contributed by atoms with Gasteiger partial charge in [-0.25, -0.2) is 18.4 Å². The number of ether oxygens (including phenoxy) is 1. The maximum Gasteiger partial charge on any atom is 0.306 e. The van der Waals surface area contributed by atoms with Crippen LogP contribution in [-0.2, 0) is 17.1 Å². The van der Waals surface area contributed by atoms with Gasteiger partial charge in [-0.2, -0.15) is 14.4 Å². The van der Waals surface area contributed by atoms with Crippen molar-refractivity contribution >= 4 is 21.8 Å². The summed E-state index contributed by atoms with van der Waals surface area (Å²) in [5, 5.41) is 7.47. The highest BCUT2D eigenvalue weighted by Crippen LogP contribution is 2.34. The van der Waals surface area contributed by atoms with Gasteiger partial charge in [-0.15, -0.1) is 0 Å². The third-order valence-corrected chi connectivity index (χ3v) is 8.27. The molecule has 1 saturated heterocycles. The third kappa shape index (κ3) is 4.39. The van der Waals surface area contributed by atoms with E-state index in [4.69, 9.17) is 14.1 Å².